The van der Waals surface area contributed by atoms with Crippen LogP contribution in [0.4, 0.5) is 5.69 Å². The van der Waals surface area contributed by atoms with Gasteiger partial charge in [0.1, 0.15) is 11.5 Å². The van der Waals surface area contributed by atoms with E-state index in [-0.39, 0.29) is 5.91 Å². The molecule has 0 aliphatic heterocycles. The largest absolute Gasteiger partial charge is 0.494 e. The first-order valence-electron chi connectivity index (χ1n) is 7.90. The Hall–Kier alpha value is -2.49. The average molecular weight is 313 g/mol. The molecule has 2 aromatic carbocycles. The van der Waals surface area contributed by atoms with E-state index in [9.17, 15) is 4.79 Å². The standard InChI is InChI=1S/C19H23NO3/c1-4-17(23-18-12-7-6-9-14(18)3)19(21)20-15-10-8-11-16(13-15)22-5-2/h6-13,17H,4-5H2,1-3H3,(H,20,21)/t17-/m0/s1. The molecule has 1 atom stereocenters. The maximum atomic E-state index is 12.5. The van der Waals surface area contributed by atoms with Gasteiger partial charge in [-0.2, -0.15) is 0 Å². The molecule has 0 heterocycles. The molecule has 0 unspecified atom stereocenters. The summed E-state index contributed by atoms with van der Waals surface area (Å²) in [6, 6.07) is 15.0. The Morgan fingerprint density at radius 1 is 1.13 bits per heavy atom. The van der Waals surface area contributed by atoms with Crippen molar-refractivity contribution in [1.82, 2.24) is 0 Å². The summed E-state index contributed by atoms with van der Waals surface area (Å²) in [6.07, 6.45) is 0.0533. The van der Waals surface area contributed by atoms with Crippen LogP contribution >= 0.6 is 0 Å². The summed E-state index contributed by atoms with van der Waals surface area (Å²) in [5, 5.41) is 2.89. The highest BCUT2D eigenvalue weighted by molar-refractivity contribution is 5.94. The van der Waals surface area contributed by atoms with E-state index < -0.39 is 6.10 Å². The molecule has 0 bridgehead atoms. The number of benzene rings is 2. The third-order valence-electron chi connectivity index (χ3n) is 3.44. The minimum absolute atomic E-state index is 0.163. The molecule has 23 heavy (non-hydrogen) atoms. The van der Waals surface area contributed by atoms with Gasteiger partial charge in [-0.05, 0) is 44.0 Å². The van der Waals surface area contributed by atoms with Crippen molar-refractivity contribution < 1.29 is 14.3 Å². The molecule has 0 aliphatic carbocycles. The highest BCUT2D eigenvalue weighted by Crippen LogP contribution is 2.21. The van der Waals surface area contributed by atoms with Gasteiger partial charge < -0.3 is 14.8 Å². The van der Waals surface area contributed by atoms with Crippen molar-refractivity contribution in [2.75, 3.05) is 11.9 Å². The topological polar surface area (TPSA) is 47.6 Å². The minimum Gasteiger partial charge on any atom is -0.494 e. The second-order valence-corrected chi connectivity index (χ2v) is 5.23. The van der Waals surface area contributed by atoms with Crippen LogP contribution < -0.4 is 14.8 Å². The summed E-state index contributed by atoms with van der Waals surface area (Å²) in [5.74, 6) is 1.31. The van der Waals surface area contributed by atoms with Crippen molar-refractivity contribution in [3.63, 3.8) is 0 Å². The zero-order chi connectivity index (χ0) is 16.7. The molecule has 122 valence electrons. The molecule has 0 spiro atoms. The van der Waals surface area contributed by atoms with Gasteiger partial charge in [0.15, 0.2) is 6.10 Å². The van der Waals surface area contributed by atoms with Crippen LogP contribution in [0.1, 0.15) is 25.8 Å². The summed E-state index contributed by atoms with van der Waals surface area (Å²) < 4.78 is 11.3. The van der Waals surface area contributed by atoms with Gasteiger partial charge in [-0.25, -0.2) is 0 Å². The first-order valence-corrected chi connectivity index (χ1v) is 7.90. The fourth-order valence-corrected chi connectivity index (χ4v) is 2.22. The number of anilines is 1. The summed E-state index contributed by atoms with van der Waals surface area (Å²) >= 11 is 0. The number of para-hydroxylation sites is 1. The molecule has 4 nitrogen and oxygen atoms in total. The predicted octanol–water partition coefficient (Wildman–Crippen LogP) is 4.19. The third kappa shape index (κ3) is 4.74. The van der Waals surface area contributed by atoms with E-state index >= 15 is 0 Å². The Balaban J connectivity index is 2.05. The monoisotopic (exact) mass is 313 g/mol. The first-order chi connectivity index (χ1) is 11.1. The fraction of sp³-hybridized carbons (Fsp3) is 0.316. The lowest BCUT2D eigenvalue weighted by Crippen LogP contribution is -2.32. The highest BCUT2D eigenvalue weighted by atomic mass is 16.5. The van der Waals surface area contributed by atoms with Crippen LogP contribution in [0.2, 0.25) is 0 Å². The highest BCUT2D eigenvalue weighted by Gasteiger charge is 2.19. The van der Waals surface area contributed by atoms with E-state index in [0.29, 0.717) is 18.7 Å². The predicted molar refractivity (Wildman–Crippen MR) is 92.1 cm³/mol. The van der Waals surface area contributed by atoms with E-state index in [1.54, 1.807) is 0 Å². The summed E-state index contributed by atoms with van der Waals surface area (Å²) in [5.41, 5.74) is 1.71. The van der Waals surface area contributed by atoms with E-state index in [2.05, 4.69) is 5.32 Å². The number of carbonyl (C=O) groups is 1. The molecule has 0 saturated carbocycles. The molecule has 2 rings (SSSR count). The molecule has 0 radical (unpaired) electrons. The summed E-state index contributed by atoms with van der Waals surface area (Å²) in [7, 11) is 0. The molecule has 4 heteroatoms. The minimum atomic E-state index is -0.535. The Morgan fingerprint density at radius 3 is 2.61 bits per heavy atom. The fourth-order valence-electron chi connectivity index (χ4n) is 2.22. The van der Waals surface area contributed by atoms with Crippen molar-refractivity contribution in [1.29, 1.82) is 0 Å². The lowest BCUT2D eigenvalue weighted by atomic mass is 10.2. The molecule has 0 saturated heterocycles. The van der Waals surface area contributed by atoms with Gasteiger partial charge in [-0.1, -0.05) is 31.2 Å². The molecule has 0 aliphatic rings. The zero-order valence-corrected chi connectivity index (χ0v) is 13.8. The third-order valence-corrected chi connectivity index (χ3v) is 3.44. The Morgan fingerprint density at radius 2 is 1.91 bits per heavy atom. The zero-order valence-electron chi connectivity index (χ0n) is 13.8. The van der Waals surface area contributed by atoms with Crippen LogP contribution in [0.5, 0.6) is 11.5 Å². The van der Waals surface area contributed by atoms with Gasteiger partial charge in [0.25, 0.3) is 5.91 Å². The van der Waals surface area contributed by atoms with Gasteiger partial charge in [-0.15, -0.1) is 0 Å². The number of nitrogens with one attached hydrogen (secondary N) is 1. The van der Waals surface area contributed by atoms with Crippen molar-refractivity contribution >= 4 is 11.6 Å². The maximum absolute atomic E-state index is 12.5. The number of ether oxygens (including phenoxy) is 2. The number of rotatable bonds is 7. The smallest absolute Gasteiger partial charge is 0.265 e. The second-order valence-electron chi connectivity index (χ2n) is 5.23. The molecule has 1 amide bonds. The van der Waals surface area contributed by atoms with Crippen LogP contribution in [0, 0.1) is 6.92 Å². The van der Waals surface area contributed by atoms with Gasteiger partial charge in [-0.3, -0.25) is 4.79 Å². The molecule has 1 N–H and O–H groups in total. The Labute approximate surface area is 137 Å². The lowest BCUT2D eigenvalue weighted by Gasteiger charge is -2.18. The molecular weight excluding hydrogens is 290 g/mol. The maximum Gasteiger partial charge on any atom is 0.265 e. The molecule has 0 aromatic heterocycles. The normalized spacial score (nSPS) is 11.6. The number of amides is 1. The van der Waals surface area contributed by atoms with Crippen molar-refractivity contribution in [3.05, 3.63) is 54.1 Å². The van der Waals surface area contributed by atoms with E-state index in [4.69, 9.17) is 9.47 Å². The number of hydrogen-bond donors (Lipinski definition) is 1. The van der Waals surface area contributed by atoms with Crippen molar-refractivity contribution in [2.45, 2.75) is 33.3 Å². The van der Waals surface area contributed by atoms with Crippen LogP contribution in [0.25, 0.3) is 0 Å². The van der Waals surface area contributed by atoms with Gasteiger partial charge in [0.05, 0.1) is 6.61 Å². The Kier molecular flexibility index (Phi) is 6.03. The van der Waals surface area contributed by atoms with Crippen molar-refractivity contribution in [3.8, 4) is 11.5 Å². The SMILES string of the molecule is CCOc1cccc(NC(=O)[C@H](CC)Oc2ccccc2C)c1. The van der Waals surface area contributed by atoms with E-state index in [0.717, 1.165) is 17.1 Å². The van der Waals surface area contributed by atoms with Crippen LogP contribution in [-0.4, -0.2) is 18.6 Å². The number of aryl methyl sites for hydroxylation is 1. The average Bonchev–Trinajstić information content (AvgIpc) is 2.54. The Bertz CT molecular complexity index is 655. The number of carbonyl (C=O) groups excluding carboxylic acids is 1. The summed E-state index contributed by atoms with van der Waals surface area (Å²) in [4.78, 5) is 12.5. The lowest BCUT2D eigenvalue weighted by molar-refractivity contribution is -0.122. The number of hydrogen-bond acceptors (Lipinski definition) is 3. The van der Waals surface area contributed by atoms with Gasteiger partial charge in [0.2, 0.25) is 0 Å². The molecule has 2 aromatic rings. The van der Waals surface area contributed by atoms with Crippen molar-refractivity contribution in [2.24, 2.45) is 0 Å². The van der Waals surface area contributed by atoms with E-state index in [1.807, 2.05) is 69.3 Å². The van der Waals surface area contributed by atoms with Crippen LogP contribution in [0.3, 0.4) is 0 Å². The van der Waals surface area contributed by atoms with Crippen LogP contribution in [-0.2, 0) is 4.79 Å². The van der Waals surface area contributed by atoms with Gasteiger partial charge >= 0.3 is 0 Å². The first kappa shape index (κ1) is 16.9. The van der Waals surface area contributed by atoms with Crippen LogP contribution in [0.15, 0.2) is 48.5 Å². The molecular formula is C19H23NO3. The van der Waals surface area contributed by atoms with Gasteiger partial charge in [0, 0.05) is 11.8 Å². The summed E-state index contributed by atoms with van der Waals surface area (Å²) in [6.45, 7) is 6.41. The van der Waals surface area contributed by atoms with E-state index in [1.165, 1.54) is 0 Å². The second kappa shape index (κ2) is 8.22. The molecule has 0 fully saturated rings. The quantitative estimate of drug-likeness (QED) is 0.833.